The van der Waals surface area contributed by atoms with Crippen molar-refractivity contribution >= 4 is 0 Å². The van der Waals surface area contributed by atoms with E-state index in [9.17, 15) is 13.2 Å². The molecule has 1 heterocycles. The van der Waals surface area contributed by atoms with Crippen molar-refractivity contribution in [3.05, 3.63) is 23.8 Å². The van der Waals surface area contributed by atoms with Crippen LogP contribution in [0, 0.1) is 0 Å². The smallest absolute Gasteiger partial charge is 0.372 e. The molecule has 0 aliphatic carbocycles. The van der Waals surface area contributed by atoms with Gasteiger partial charge in [-0.2, -0.15) is 13.2 Å². The van der Waals surface area contributed by atoms with Crippen molar-refractivity contribution in [3.63, 3.8) is 0 Å². The van der Waals surface area contributed by atoms with Crippen LogP contribution in [0.2, 0.25) is 0 Å². The quantitative estimate of drug-likeness (QED) is 0.772. The topological polar surface area (TPSA) is 47.0 Å². The summed E-state index contributed by atoms with van der Waals surface area (Å²) in [5.74, 6) is 0.479. The van der Waals surface area contributed by atoms with E-state index in [1.807, 2.05) is 0 Å². The van der Waals surface area contributed by atoms with Gasteiger partial charge in [0.25, 0.3) is 0 Å². The highest BCUT2D eigenvalue weighted by atomic mass is 19.4. The second-order valence-corrected chi connectivity index (χ2v) is 3.46. The van der Waals surface area contributed by atoms with Gasteiger partial charge in [0.2, 0.25) is 0 Å². The number of nitrogens with one attached hydrogen (secondary N) is 1. The van der Waals surface area contributed by atoms with Crippen LogP contribution in [0.4, 0.5) is 13.2 Å². The molecule has 0 aromatic carbocycles. The predicted molar refractivity (Wildman–Crippen MR) is 55.4 cm³/mol. The molecule has 1 aromatic rings. The lowest BCUT2D eigenvalue weighted by molar-refractivity contribution is -0.173. The molecule has 0 saturated carbocycles. The van der Waals surface area contributed by atoms with Crippen LogP contribution in [0.25, 0.3) is 0 Å². The summed E-state index contributed by atoms with van der Waals surface area (Å²) in [5.41, 5.74) is 0.924. The van der Waals surface area contributed by atoms with Crippen molar-refractivity contribution in [3.8, 4) is 0 Å². The van der Waals surface area contributed by atoms with Crippen LogP contribution in [-0.2, 0) is 17.7 Å². The number of ether oxygens (including phenoxy) is 1. The van der Waals surface area contributed by atoms with Crippen LogP contribution in [-0.4, -0.2) is 36.4 Å². The van der Waals surface area contributed by atoms with Crippen molar-refractivity contribution in [1.29, 1.82) is 0 Å². The summed E-state index contributed by atoms with van der Waals surface area (Å²) < 4.78 is 39.7. The summed E-state index contributed by atoms with van der Waals surface area (Å²) in [7, 11) is 1.80. The number of aromatic nitrogens is 2. The van der Waals surface area contributed by atoms with Gasteiger partial charge >= 0.3 is 6.18 Å². The molecule has 0 fully saturated rings. The van der Waals surface area contributed by atoms with Crippen molar-refractivity contribution in [2.75, 3.05) is 20.3 Å². The third-order valence-corrected chi connectivity index (χ3v) is 1.88. The van der Waals surface area contributed by atoms with Gasteiger partial charge < -0.3 is 10.1 Å². The lowest BCUT2D eigenvalue weighted by Crippen LogP contribution is -2.18. The summed E-state index contributed by atoms with van der Waals surface area (Å²) >= 11 is 0. The van der Waals surface area contributed by atoms with Gasteiger partial charge in [0.15, 0.2) is 0 Å². The van der Waals surface area contributed by atoms with Crippen molar-refractivity contribution in [1.82, 2.24) is 15.3 Å². The third-order valence-electron chi connectivity index (χ3n) is 1.88. The molecule has 0 radical (unpaired) electrons. The van der Waals surface area contributed by atoms with Crippen LogP contribution in [0.5, 0.6) is 0 Å². The zero-order chi connectivity index (χ0) is 12.7. The van der Waals surface area contributed by atoms with E-state index in [1.165, 1.54) is 0 Å². The maximum atomic E-state index is 11.8. The number of rotatable bonds is 6. The van der Waals surface area contributed by atoms with Gasteiger partial charge in [-0.05, 0) is 7.05 Å². The van der Waals surface area contributed by atoms with E-state index in [-0.39, 0.29) is 13.0 Å². The minimum atomic E-state index is -4.28. The fourth-order valence-corrected chi connectivity index (χ4v) is 1.16. The Morgan fingerprint density at radius 3 is 2.47 bits per heavy atom. The molecule has 1 N–H and O–H groups in total. The summed E-state index contributed by atoms with van der Waals surface area (Å²) in [6.45, 7) is -0.611. The Labute approximate surface area is 97.2 Å². The van der Waals surface area contributed by atoms with Gasteiger partial charge in [-0.1, -0.05) is 0 Å². The number of alkyl halides is 3. The van der Waals surface area contributed by atoms with Gasteiger partial charge in [-0.25, -0.2) is 9.97 Å². The number of hydrogen-bond acceptors (Lipinski definition) is 4. The fourth-order valence-electron chi connectivity index (χ4n) is 1.16. The molecule has 96 valence electrons. The molecule has 0 aliphatic heterocycles. The summed E-state index contributed by atoms with van der Waals surface area (Å²) in [5, 5.41) is 2.94. The van der Waals surface area contributed by atoms with E-state index in [4.69, 9.17) is 0 Å². The lowest BCUT2D eigenvalue weighted by Gasteiger charge is -2.07. The summed E-state index contributed by atoms with van der Waals surface area (Å²) in [4.78, 5) is 8.04. The van der Waals surface area contributed by atoms with Gasteiger partial charge in [0.05, 0.1) is 6.61 Å². The highest BCUT2D eigenvalue weighted by molar-refractivity contribution is 5.04. The first-order valence-corrected chi connectivity index (χ1v) is 5.10. The normalized spacial score (nSPS) is 11.8. The molecule has 4 nitrogen and oxygen atoms in total. The van der Waals surface area contributed by atoms with Crippen LogP contribution >= 0.6 is 0 Å². The largest absolute Gasteiger partial charge is 0.411 e. The van der Waals surface area contributed by atoms with Gasteiger partial charge in [0.1, 0.15) is 12.4 Å². The maximum absolute atomic E-state index is 11.8. The zero-order valence-electron chi connectivity index (χ0n) is 9.42. The molecule has 0 amide bonds. The molecule has 0 saturated heterocycles. The lowest BCUT2D eigenvalue weighted by atomic mass is 10.3. The molecule has 0 atom stereocenters. The Kier molecular flexibility index (Phi) is 5.30. The molecule has 7 heteroatoms. The molecular weight excluding hydrogens is 235 g/mol. The molecule has 0 bridgehead atoms. The highest BCUT2D eigenvalue weighted by Gasteiger charge is 2.27. The number of nitrogens with zero attached hydrogens (tertiary/aromatic N) is 2. The van der Waals surface area contributed by atoms with Crippen molar-refractivity contribution in [2.45, 2.75) is 19.1 Å². The average molecular weight is 249 g/mol. The van der Waals surface area contributed by atoms with E-state index in [0.717, 1.165) is 5.56 Å². The first-order valence-electron chi connectivity index (χ1n) is 5.10. The Balaban J connectivity index is 2.27. The van der Waals surface area contributed by atoms with E-state index in [0.29, 0.717) is 12.4 Å². The Hall–Kier alpha value is -1.21. The highest BCUT2D eigenvalue weighted by Crippen LogP contribution is 2.14. The van der Waals surface area contributed by atoms with Crippen LogP contribution in [0.1, 0.15) is 11.4 Å². The van der Waals surface area contributed by atoms with Crippen LogP contribution in [0.3, 0.4) is 0 Å². The zero-order valence-corrected chi connectivity index (χ0v) is 9.42. The fraction of sp³-hybridized carbons (Fsp3) is 0.600. The first kappa shape index (κ1) is 13.9. The Bertz CT molecular complexity index is 327. The molecule has 0 aliphatic rings. The number of halogens is 3. The molecular formula is C10H14F3N3O. The summed E-state index contributed by atoms with van der Waals surface area (Å²) in [6.07, 6.45) is -0.724. The van der Waals surface area contributed by atoms with E-state index < -0.39 is 12.8 Å². The minimum absolute atomic E-state index is 0.0368. The molecule has 1 aromatic heterocycles. The molecule has 17 heavy (non-hydrogen) atoms. The predicted octanol–water partition coefficient (Wildman–Crippen LogP) is 1.32. The van der Waals surface area contributed by atoms with Gasteiger partial charge in [-0.3, -0.25) is 0 Å². The minimum Gasteiger partial charge on any atom is -0.372 e. The van der Waals surface area contributed by atoms with Crippen molar-refractivity contribution in [2.24, 2.45) is 0 Å². The Morgan fingerprint density at radius 2 is 1.94 bits per heavy atom. The molecule has 0 unspecified atom stereocenters. The van der Waals surface area contributed by atoms with Gasteiger partial charge in [-0.15, -0.1) is 0 Å². The van der Waals surface area contributed by atoms with Crippen LogP contribution in [0.15, 0.2) is 12.4 Å². The van der Waals surface area contributed by atoms with E-state index in [2.05, 4.69) is 20.0 Å². The molecule has 0 spiro atoms. The van der Waals surface area contributed by atoms with Crippen LogP contribution < -0.4 is 5.32 Å². The monoisotopic (exact) mass is 249 g/mol. The van der Waals surface area contributed by atoms with E-state index in [1.54, 1.807) is 19.4 Å². The second-order valence-electron chi connectivity index (χ2n) is 3.46. The second kappa shape index (κ2) is 6.51. The molecule has 1 rings (SSSR count). The van der Waals surface area contributed by atoms with Gasteiger partial charge in [0, 0.05) is 30.9 Å². The standard InChI is InChI=1S/C10H14F3N3O/c1-14-4-8-5-15-9(16-6-8)2-3-17-7-10(11,12)13/h5-6,14H,2-4,7H2,1H3. The SMILES string of the molecule is CNCc1cnc(CCOCC(F)(F)F)nc1. The summed E-state index contributed by atoms with van der Waals surface area (Å²) in [6, 6.07) is 0. The van der Waals surface area contributed by atoms with E-state index >= 15 is 0 Å². The third kappa shape index (κ3) is 6.18. The maximum Gasteiger partial charge on any atom is 0.411 e. The first-order chi connectivity index (χ1) is 8.01. The van der Waals surface area contributed by atoms with Crippen molar-refractivity contribution < 1.29 is 17.9 Å². The number of hydrogen-bond donors (Lipinski definition) is 1. The average Bonchev–Trinajstić information content (AvgIpc) is 2.26. The Morgan fingerprint density at radius 1 is 1.29 bits per heavy atom.